The van der Waals surface area contributed by atoms with Crippen LogP contribution in [-0.2, 0) is 27.3 Å². The Hall–Kier alpha value is -2.66. The zero-order chi connectivity index (χ0) is 19.6. The second-order valence-electron chi connectivity index (χ2n) is 7.19. The van der Waals surface area contributed by atoms with Gasteiger partial charge in [0.05, 0.1) is 13.0 Å². The van der Waals surface area contributed by atoms with Gasteiger partial charge in [-0.15, -0.1) is 0 Å². The fraction of sp³-hybridized carbons (Fsp3) is 0.391. The van der Waals surface area contributed by atoms with Crippen LogP contribution >= 0.6 is 0 Å². The Labute approximate surface area is 166 Å². The van der Waals surface area contributed by atoms with Crippen molar-refractivity contribution in [1.82, 2.24) is 4.90 Å². The maximum atomic E-state index is 12.2. The summed E-state index contributed by atoms with van der Waals surface area (Å²) < 4.78 is 10.8. The van der Waals surface area contributed by atoms with Crippen LogP contribution in [0.3, 0.4) is 0 Å². The molecule has 1 aliphatic heterocycles. The molecular weight excluding hydrogens is 354 g/mol. The Morgan fingerprint density at radius 3 is 2.54 bits per heavy atom. The Bertz CT molecular complexity index is 754. The van der Waals surface area contributed by atoms with Crippen LogP contribution in [0.4, 0.5) is 0 Å². The zero-order valence-corrected chi connectivity index (χ0v) is 16.1. The molecule has 1 aliphatic rings. The molecule has 1 fully saturated rings. The highest BCUT2D eigenvalue weighted by atomic mass is 16.5. The first-order valence-corrected chi connectivity index (χ1v) is 9.80. The molecule has 0 aromatic heterocycles. The van der Waals surface area contributed by atoms with E-state index in [1.165, 1.54) is 5.56 Å². The van der Waals surface area contributed by atoms with E-state index < -0.39 is 0 Å². The molecule has 2 aromatic rings. The Balaban J connectivity index is 1.37. The monoisotopic (exact) mass is 381 g/mol. The number of hydrogen-bond donors (Lipinski definition) is 0. The van der Waals surface area contributed by atoms with Gasteiger partial charge in [0.1, 0.15) is 12.4 Å². The van der Waals surface area contributed by atoms with Crippen molar-refractivity contribution in [3.05, 3.63) is 65.7 Å². The van der Waals surface area contributed by atoms with Gasteiger partial charge in [0.25, 0.3) is 0 Å². The quantitative estimate of drug-likeness (QED) is 0.493. The molecule has 5 nitrogen and oxygen atoms in total. The third-order valence-corrected chi connectivity index (χ3v) is 5.00. The Morgan fingerprint density at radius 1 is 1.04 bits per heavy atom. The summed E-state index contributed by atoms with van der Waals surface area (Å²) in [4.78, 5) is 25.0. The second kappa shape index (κ2) is 10.6. The third kappa shape index (κ3) is 6.50. The number of piperidine rings is 1. The molecule has 0 radical (unpaired) electrons. The van der Waals surface area contributed by atoms with E-state index in [-0.39, 0.29) is 19.0 Å². The van der Waals surface area contributed by atoms with Crippen molar-refractivity contribution in [2.75, 3.05) is 26.3 Å². The van der Waals surface area contributed by atoms with Crippen molar-refractivity contribution in [1.29, 1.82) is 0 Å². The highest BCUT2D eigenvalue weighted by Gasteiger charge is 2.20. The molecule has 0 bridgehead atoms. The highest BCUT2D eigenvalue weighted by Crippen LogP contribution is 2.20. The van der Waals surface area contributed by atoms with E-state index >= 15 is 0 Å². The van der Waals surface area contributed by atoms with E-state index in [4.69, 9.17) is 9.47 Å². The van der Waals surface area contributed by atoms with E-state index in [1.807, 2.05) is 18.2 Å². The van der Waals surface area contributed by atoms with Gasteiger partial charge in [0, 0.05) is 6.54 Å². The predicted octanol–water partition coefficient (Wildman–Crippen LogP) is 3.26. The summed E-state index contributed by atoms with van der Waals surface area (Å²) in [6.45, 7) is 3.55. The molecule has 1 saturated heterocycles. The van der Waals surface area contributed by atoms with Crippen molar-refractivity contribution in [2.24, 2.45) is 5.92 Å². The van der Waals surface area contributed by atoms with Crippen molar-refractivity contribution >= 4 is 12.3 Å². The van der Waals surface area contributed by atoms with E-state index in [0.29, 0.717) is 24.6 Å². The van der Waals surface area contributed by atoms with Gasteiger partial charge in [-0.25, -0.2) is 0 Å². The normalized spacial score (nSPS) is 15.1. The lowest BCUT2D eigenvalue weighted by molar-refractivity contribution is -0.144. The lowest BCUT2D eigenvalue weighted by Crippen LogP contribution is -2.35. The van der Waals surface area contributed by atoms with E-state index in [2.05, 4.69) is 29.2 Å². The van der Waals surface area contributed by atoms with Crippen LogP contribution in [0.1, 0.15) is 24.0 Å². The SMILES string of the molecule is O=CCOc1cccc(CC(=O)OCC2CCN(Cc3ccccc3)CC2)c1. The smallest absolute Gasteiger partial charge is 0.310 e. The number of likely N-dealkylation sites (tertiary alicyclic amines) is 1. The zero-order valence-electron chi connectivity index (χ0n) is 16.1. The van der Waals surface area contributed by atoms with Gasteiger partial charge < -0.3 is 9.47 Å². The first-order valence-electron chi connectivity index (χ1n) is 9.80. The number of hydrogen-bond acceptors (Lipinski definition) is 5. The van der Waals surface area contributed by atoms with E-state index in [1.54, 1.807) is 12.1 Å². The summed E-state index contributed by atoms with van der Waals surface area (Å²) >= 11 is 0. The lowest BCUT2D eigenvalue weighted by atomic mass is 9.97. The molecule has 0 atom stereocenters. The fourth-order valence-electron chi connectivity index (χ4n) is 3.46. The van der Waals surface area contributed by atoms with Crippen LogP contribution in [0.5, 0.6) is 5.75 Å². The van der Waals surface area contributed by atoms with Crippen molar-refractivity contribution in [3.8, 4) is 5.75 Å². The van der Waals surface area contributed by atoms with Crippen molar-refractivity contribution < 1.29 is 19.1 Å². The maximum absolute atomic E-state index is 12.2. The van der Waals surface area contributed by atoms with Crippen LogP contribution in [0, 0.1) is 5.92 Å². The molecule has 5 heteroatoms. The van der Waals surface area contributed by atoms with Gasteiger partial charge in [0.2, 0.25) is 0 Å². The number of ether oxygens (including phenoxy) is 2. The molecule has 3 rings (SSSR count). The van der Waals surface area contributed by atoms with Crippen LogP contribution in [0.15, 0.2) is 54.6 Å². The largest absolute Gasteiger partial charge is 0.486 e. The number of esters is 1. The summed E-state index contributed by atoms with van der Waals surface area (Å²) in [7, 11) is 0. The molecule has 0 spiro atoms. The number of rotatable bonds is 9. The molecular formula is C23H27NO4. The molecule has 148 valence electrons. The van der Waals surface area contributed by atoms with Crippen molar-refractivity contribution in [2.45, 2.75) is 25.8 Å². The van der Waals surface area contributed by atoms with Crippen LogP contribution < -0.4 is 4.74 Å². The van der Waals surface area contributed by atoms with Gasteiger partial charge in [-0.3, -0.25) is 14.5 Å². The minimum absolute atomic E-state index is 0.0108. The minimum atomic E-state index is -0.223. The second-order valence-corrected chi connectivity index (χ2v) is 7.19. The molecule has 0 N–H and O–H groups in total. The van der Waals surface area contributed by atoms with Gasteiger partial charge in [-0.05, 0) is 55.1 Å². The number of benzene rings is 2. The summed E-state index contributed by atoms with van der Waals surface area (Å²) in [6, 6.07) is 17.7. The summed E-state index contributed by atoms with van der Waals surface area (Å²) in [6.07, 6.45) is 3.02. The molecule has 0 aliphatic carbocycles. The van der Waals surface area contributed by atoms with Crippen LogP contribution in [0.25, 0.3) is 0 Å². The van der Waals surface area contributed by atoms with Crippen LogP contribution in [-0.4, -0.2) is 43.5 Å². The predicted molar refractivity (Wildman–Crippen MR) is 107 cm³/mol. The average molecular weight is 381 g/mol. The molecule has 0 amide bonds. The highest BCUT2D eigenvalue weighted by molar-refractivity contribution is 5.72. The summed E-state index contributed by atoms with van der Waals surface area (Å²) in [5.41, 5.74) is 2.16. The van der Waals surface area contributed by atoms with Crippen LogP contribution in [0.2, 0.25) is 0 Å². The van der Waals surface area contributed by atoms with Gasteiger partial charge in [-0.2, -0.15) is 0 Å². The number of nitrogens with zero attached hydrogens (tertiary/aromatic N) is 1. The molecule has 28 heavy (non-hydrogen) atoms. The minimum Gasteiger partial charge on any atom is -0.486 e. The molecule has 1 heterocycles. The van der Waals surface area contributed by atoms with Gasteiger partial charge >= 0.3 is 5.97 Å². The van der Waals surface area contributed by atoms with Gasteiger partial charge in [-0.1, -0.05) is 42.5 Å². The number of carbonyl (C=O) groups is 2. The standard InChI is InChI=1S/C23H27NO4/c25-13-14-27-22-8-4-7-21(15-22)16-23(26)28-18-20-9-11-24(12-10-20)17-19-5-2-1-3-6-19/h1-8,13,15,20H,9-12,14,16-18H2. The molecule has 0 saturated carbocycles. The van der Waals surface area contributed by atoms with Gasteiger partial charge in [0.15, 0.2) is 6.29 Å². The Kier molecular flexibility index (Phi) is 7.62. The number of carbonyl (C=O) groups excluding carboxylic acids is 2. The number of aldehydes is 1. The molecule has 0 unspecified atom stereocenters. The first-order chi connectivity index (χ1) is 13.7. The summed E-state index contributed by atoms with van der Waals surface area (Å²) in [5, 5.41) is 0. The fourth-order valence-corrected chi connectivity index (χ4v) is 3.46. The average Bonchev–Trinajstić information content (AvgIpc) is 2.73. The van der Waals surface area contributed by atoms with Crippen molar-refractivity contribution in [3.63, 3.8) is 0 Å². The Morgan fingerprint density at radius 2 is 1.79 bits per heavy atom. The summed E-state index contributed by atoms with van der Waals surface area (Å²) in [5.74, 6) is 0.792. The van der Waals surface area contributed by atoms with E-state index in [0.717, 1.165) is 38.0 Å². The molecule has 2 aromatic carbocycles. The topological polar surface area (TPSA) is 55.8 Å². The lowest BCUT2D eigenvalue weighted by Gasteiger charge is -2.31. The first kappa shape index (κ1) is 20.1. The maximum Gasteiger partial charge on any atom is 0.310 e. The third-order valence-electron chi connectivity index (χ3n) is 5.00. The van der Waals surface area contributed by atoms with E-state index in [9.17, 15) is 9.59 Å².